The van der Waals surface area contributed by atoms with E-state index in [9.17, 15) is 4.79 Å². The molecule has 0 unspecified atom stereocenters. The molecule has 86 valence electrons. The molecule has 0 amide bonds. The van der Waals surface area contributed by atoms with Crippen molar-refractivity contribution in [3.8, 4) is 5.88 Å². The normalized spacial score (nSPS) is 10.7. The van der Waals surface area contributed by atoms with Gasteiger partial charge in [-0.2, -0.15) is 0 Å². The fraction of sp³-hybridized carbons (Fsp3) is 0.273. The maximum Gasteiger partial charge on any atom is 0.232 e. The number of methoxy groups -OCH3 is 1. The van der Waals surface area contributed by atoms with Crippen molar-refractivity contribution in [2.75, 3.05) is 12.9 Å². The molecule has 0 aliphatic heterocycles. The first-order valence-electron chi connectivity index (χ1n) is 4.63. The largest absolute Gasteiger partial charge is 0.480 e. The molecule has 1 rings (SSSR count). The summed E-state index contributed by atoms with van der Waals surface area (Å²) in [5, 5.41) is 0.583. The van der Waals surface area contributed by atoms with Gasteiger partial charge in [0.2, 0.25) is 5.88 Å². The van der Waals surface area contributed by atoms with Crippen LogP contribution in [-0.4, -0.2) is 23.0 Å². The summed E-state index contributed by atoms with van der Waals surface area (Å²) in [6.45, 7) is 1.55. The Kier molecular flexibility index (Phi) is 5.35. The van der Waals surface area contributed by atoms with Crippen LogP contribution in [0, 0.1) is 0 Å². The molecule has 5 heteroatoms. The Morgan fingerprint density at radius 2 is 2.44 bits per heavy atom. The van der Waals surface area contributed by atoms with Gasteiger partial charge in [0.15, 0.2) is 5.12 Å². The number of ether oxygens (including phenoxy) is 1. The van der Waals surface area contributed by atoms with E-state index in [1.807, 2.05) is 12.2 Å². The van der Waals surface area contributed by atoms with Crippen LogP contribution in [-0.2, 0) is 4.79 Å². The van der Waals surface area contributed by atoms with E-state index in [2.05, 4.69) is 4.98 Å². The molecule has 0 aliphatic carbocycles. The Morgan fingerprint density at radius 1 is 1.69 bits per heavy atom. The second-order valence-corrected chi connectivity index (χ2v) is 4.57. The summed E-state index contributed by atoms with van der Waals surface area (Å²) in [5.41, 5.74) is 0.884. The van der Waals surface area contributed by atoms with Gasteiger partial charge in [-0.15, -0.1) is 0 Å². The van der Waals surface area contributed by atoms with Crippen molar-refractivity contribution >= 4 is 34.6 Å². The van der Waals surface area contributed by atoms with Gasteiger partial charge in [0, 0.05) is 18.9 Å². The lowest BCUT2D eigenvalue weighted by Crippen LogP contribution is -1.88. The third kappa shape index (κ3) is 4.24. The van der Waals surface area contributed by atoms with E-state index in [0.29, 0.717) is 16.7 Å². The molecule has 16 heavy (non-hydrogen) atoms. The molecule has 1 aromatic heterocycles. The third-order valence-corrected chi connectivity index (χ3v) is 2.75. The predicted molar refractivity (Wildman–Crippen MR) is 68.0 cm³/mol. The Bertz CT molecular complexity index is 407. The maximum absolute atomic E-state index is 10.7. The molecule has 0 fully saturated rings. The van der Waals surface area contributed by atoms with Crippen LogP contribution < -0.4 is 4.74 Å². The van der Waals surface area contributed by atoms with Crippen LogP contribution in [0.2, 0.25) is 5.02 Å². The van der Waals surface area contributed by atoms with Gasteiger partial charge in [-0.05, 0) is 11.6 Å². The van der Waals surface area contributed by atoms with Crippen LogP contribution in [0.4, 0.5) is 0 Å². The lowest BCUT2D eigenvalue weighted by Gasteiger charge is -2.01. The molecule has 0 spiro atoms. The lowest BCUT2D eigenvalue weighted by atomic mass is 10.2. The van der Waals surface area contributed by atoms with Gasteiger partial charge >= 0.3 is 0 Å². The zero-order chi connectivity index (χ0) is 12.0. The summed E-state index contributed by atoms with van der Waals surface area (Å²) in [6.07, 6.45) is 5.43. The van der Waals surface area contributed by atoms with Gasteiger partial charge < -0.3 is 4.74 Å². The van der Waals surface area contributed by atoms with Crippen molar-refractivity contribution in [3.63, 3.8) is 0 Å². The van der Waals surface area contributed by atoms with Crippen LogP contribution >= 0.6 is 23.4 Å². The van der Waals surface area contributed by atoms with Gasteiger partial charge in [-0.25, -0.2) is 4.98 Å². The summed E-state index contributed by atoms with van der Waals surface area (Å²) in [6, 6.07) is 1.77. The summed E-state index contributed by atoms with van der Waals surface area (Å²) < 4.78 is 4.94. The monoisotopic (exact) mass is 257 g/mol. The minimum Gasteiger partial charge on any atom is -0.480 e. The van der Waals surface area contributed by atoms with Gasteiger partial charge in [0.05, 0.1) is 7.11 Å². The average Bonchev–Trinajstić information content (AvgIpc) is 2.24. The van der Waals surface area contributed by atoms with E-state index in [1.54, 1.807) is 19.2 Å². The number of nitrogens with zero attached hydrogens (tertiary/aromatic N) is 1. The van der Waals surface area contributed by atoms with E-state index in [4.69, 9.17) is 16.3 Å². The van der Waals surface area contributed by atoms with Crippen LogP contribution in [0.3, 0.4) is 0 Å². The second-order valence-electron chi connectivity index (χ2n) is 2.96. The van der Waals surface area contributed by atoms with Crippen molar-refractivity contribution in [1.29, 1.82) is 0 Å². The highest BCUT2D eigenvalue weighted by atomic mass is 35.5. The van der Waals surface area contributed by atoms with Crippen molar-refractivity contribution in [2.24, 2.45) is 0 Å². The molecule has 0 aliphatic rings. The Hall–Kier alpha value is -1.00. The fourth-order valence-corrected chi connectivity index (χ4v) is 1.71. The number of hydrogen-bond donors (Lipinski definition) is 0. The molecular weight excluding hydrogens is 246 g/mol. The standard InChI is InChI=1S/C11H12ClNO2S/c1-8(14)16-5-3-4-9-6-10(12)11(15-2)13-7-9/h3-4,6-7H,5H2,1-2H3. The Labute approximate surface area is 104 Å². The second kappa shape index (κ2) is 6.55. The zero-order valence-corrected chi connectivity index (χ0v) is 10.6. The topological polar surface area (TPSA) is 39.2 Å². The quantitative estimate of drug-likeness (QED) is 0.831. The first-order valence-corrected chi connectivity index (χ1v) is 5.99. The minimum absolute atomic E-state index is 0.107. The van der Waals surface area contributed by atoms with Crippen LogP contribution in [0.1, 0.15) is 12.5 Å². The fourth-order valence-electron chi connectivity index (χ4n) is 1.03. The van der Waals surface area contributed by atoms with E-state index in [1.165, 1.54) is 18.9 Å². The van der Waals surface area contributed by atoms with Crippen molar-refractivity contribution in [2.45, 2.75) is 6.92 Å². The number of rotatable bonds is 4. The van der Waals surface area contributed by atoms with Gasteiger partial charge in [-0.1, -0.05) is 35.5 Å². The highest BCUT2D eigenvalue weighted by Crippen LogP contribution is 2.22. The summed E-state index contributed by atoms with van der Waals surface area (Å²) in [4.78, 5) is 14.7. The number of carbonyl (C=O) groups is 1. The van der Waals surface area contributed by atoms with Crippen molar-refractivity contribution < 1.29 is 9.53 Å². The summed E-state index contributed by atoms with van der Waals surface area (Å²) in [5.74, 6) is 1.07. The molecule has 0 saturated carbocycles. The van der Waals surface area contributed by atoms with Gasteiger partial charge in [0.1, 0.15) is 5.02 Å². The summed E-state index contributed by atoms with van der Waals surface area (Å²) in [7, 11) is 1.52. The predicted octanol–water partition coefficient (Wildman–Crippen LogP) is 3.04. The van der Waals surface area contributed by atoms with E-state index >= 15 is 0 Å². The molecule has 1 heterocycles. The molecule has 0 atom stereocenters. The highest BCUT2D eigenvalue weighted by Gasteiger charge is 2.01. The smallest absolute Gasteiger partial charge is 0.232 e. The van der Waals surface area contributed by atoms with Gasteiger partial charge in [0.25, 0.3) is 0 Å². The minimum atomic E-state index is 0.107. The molecule has 0 aromatic carbocycles. The van der Waals surface area contributed by atoms with Gasteiger partial charge in [-0.3, -0.25) is 4.79 Å². The molecule has 1 aromatic rings. The van der Waals surface area contributed by atoms with Crippen molar-refractivity contribution in [3.05, 3.63) is 28.9 Å². The number of aromatic nitrogens is 1. The SMILES string of the molecule is COc1ncc(C=CCSC(C)=O)cc1Cl. The summed E-state index contributed by atoms with van der Waals surface area (Å²) >= 11 is 7.17. The maximum atomic E-state index is 10.7. The van der Waals surface area contributed by atoms with E-state index in [-0.39, 0.29) is 5.12 Å². The number of halogens is 1. The first-order chi connectivity index (χ1) is 7.63. The number of thioether (sulfide) groups is 1. The third-order valence-electron chi connectivity index (χ3n) is 1.72. The average molecular weight is 258 g/mol. The molecule has 0 saturated heterocycles. The Balaban J connectivity index is 2.61. The molecule has 0 bridgehead atoms. The lowest BCUT2D eigenvalue weighted by molar-refractivity contribution is -0.109. The van der Waals surface area contributed by atoms with E-state index < -0.39 is 0 Å². The van der Waals surface area contributed by atoms with E-state index in [0.717, 1.165) is 5.56 Å². The molecule has 3 nitrogen and oxygen atoms in total. The van der Waals surface area contributed by atoms with Crippen LogP contribution in [0.15, 0.2) is 18.3 Å². The number of hydrogen-bond acceptors (Lipinski definition) is 4. The Morgan fingerprint density at radius 3 is 3.00 bits per heavy atom. The van der Waals surface area contributed by atoms with Crippen LogP contribution in [0.5, 0.6) is 5.88 Å². The number of pyridine rings is 1. The first kappa shape index (κ1) is 13.1. The molecule has 0 radical (unpaired) electrons. The number of carbonyl (C=O) groups excluding carboxylic acids is 1. The van der Waals surface area contributed by atoms with Crippen LogP contribution in [0.25, 0.3) is 6.08 Å². The van der Waals surface area contributed by atoms with Crippen molar-refractivity contribution in [1.82, 2.24) is 4.98 Å². The highest BCUT2D eigenvalue weighted by molar-refractivity contribution is 8.13. The molecule has 0 N–H and O–H groups in total. The zero-order valence-electron chi connectivity index (χ0n) is 9.07. The molecular formula is C11H12ClNO2S.